The number of allylic oxidation sites excluding steroid dienone is 1. The number of halogens is 1. The first-order valence-electron chi connectivity index (χ1n) is 9.13. The van der Waals surface area contributed by atoms with Crippen LogP contribution in [0.25, 0.3) is 11.0 Å². The maximum Gasteiger partial charge on any atom is 0.244 e. The predicted octanol–water partition coefficient (Wildman–Crippen LogP) is 5.27. The van der Waals surface area contributed by atoms with Crippen LogP contribution in [-0.2, 0) is 11.3 Å². The van der Waals surface area contributed by atoms with Gasteiger partial charge in [-0.25, -0.2) is 4.98 Å². The molecule has 1 unspecified atom stereocenters. The van der Waals surface area contributed by atoms with E-state index in [4.69, 9.17) is 16.6 Å². The van der Waals surface area contributed by atoms with E-state index in [1.54, 1.807) is 6.08 Å². The molecule has 1 amide bonds. The van der Waals surface area contributed by atoms with Crippen LogP contribution in [0.4, 0.5) is 0 Å². The highest BCUT2D eigenvalue weighted by Crippen LogP contribution is 2.24. The Kier molecular flexibility index (Phi) is 5.97. The molecule has 27 heavy (non-hydrogen) atoms. The van der Waals surface area contributed by atoms with Crippen molar-refractivity contribution in [2.75, 3.05) is 0 Å². The summed E-state index contributed by atoms with van der Waals surface area (Å²) in [7, 11) is 0. The maximum absolute atomic E-state index is 12.3. The Balaban J connectivity index is 2.01. The minimum absolute atomic E-state index is 0.0908. The van der Waals surface area contributed by atoms with Crippen LogP contribution in [0, 0.1) is 0 Å². The van der Waals surface area contributed by atoms with E-state index < -0.39 is 0 Å². The minimum atomic E-state index is -0.159. The first-order chi connectivity index (χ1) is 13.0. The molecule has 1 heterocycles. The van der Waals surface area contributed by atoms with Crippen molar-refractivity contribution in [1.82, 2.24) is 14.9 Å². The average molecular weight is 382 g/mol. The molecule has 3 rings (SSSR count). The smallest absolute Gasteiger partial charge is 0.244 e. The molecule has 0 aliphatic rings. The molecule has 4 nitrogen and oxygen atoms in total. The van der Waals surface area contributed by atoms with Gasteiger partial charge in [0, 0.05) is 17.6 Å². The van der Waals surface area contributed by atoms with Crippen LogP contribution in [0.15, 0.2) is 60.2 Å². The quantitative estimate of drug-likeness (QED) is 0.591. The average Bonchev–Trinajstić information content (AvgIpc) is 2.99. The van der Waals surface area contributed by atoms with Gasteiger partial charge in [-0.2, -0.15) is 0 Å². The number of hydrogen-bond acceptors (Lipinski definition) is 2. The number of para-hydroxylation sites is 2. The molecule has 0 aliphatic heterocycles. The number of imidazole rings is 1. The Morgan fingerprint density at radius 1 is 1.19 bits per heavy atom. The van der Waals surface area contributed by atoms with Crippen molar-refractivity contribution < 1.29 is 4.79 Å². The van der Waals surface area contributed by atoms with Crippen molar-refractivity contribution in [3.8, 4) is 0 Å². The van der Waals surface area contributed by atoms with Gasteiger partial charge in [0.15, 0.2) is 0 Å². The third-order valence-corrected chi connectivity index (χ3v) is 4.65. The molecule has 0 radical (unpaired) electrons. The molecular weight excluding hydrogens is 358 g/mol. The summed E-state index contributed by atoms with van der Waals surface area (Å²) in [5.74, 6) is 0.774. The van der Waals surface area contributed by atoms with Crippen LogP contribution >= 0.6 is 11.6 Å². The van der Waals surface area contributed by atoms with Crippen molar-refractivity contribution in [1.29, 1.82) is 0 Å². The lowest BCUT2D eigenvalue weighted by Crippen LogP contribution is -2.29. The number of fused-ring (bicyclic) bond motifs is 1. The third kappa shape index (κ3) is 4.58. The molecule has 5 heteroatoms. The van der Waals surface area contributed by atoms with E-state index in [1.165, 1.54) is 0 Å². The second-order valence-corrected chi connectivity index (χ2v) is 7.30. The Hall–Kier alpha value is -2.59. The second kappa shape index (κ2) is 8.40. The molecule has 0 spiro atoms. The number of carbonyl (C=O) groups is 1. The molecule has 1 atom stereocenters. The summed E-state index contributed by atoms with van der Waals surface area (Å²) in [5, 5.41) is 3.81. The zero-order valence-electron chi connectivity index (χ0n) is 15.9. The molecule has 2 aromatic carbocycles. The molecule has 1 aromatic heterocycles. The van der Waals surface area contributed by atoms with E-state index in [0.29, 0.717) is 6.54 Å². The molecule has 0 bridgehead atoms. The van der Waals surface area contributed by atoms with Gasteiger partial charge in [-0.3, -0.25) is 4.79 Å². The molecule has 140 valence electrons. The number of nitrogens with one attached hydrogen (secondary N) is 1. The summed E-state index contributed by atoms with van der Waals surface area (Å²) in [6.45, 7) is 6.55. The van der Waals surface area contributed by atoms with Gasteiger partial charge in [-0.1, -0.05) is 48.4 Å². The second-order valence-electron chi connectivity index (χ2n) is 6.86. The maximum atomic E-state index is 12.3. The van der Waals surface area contributed by atoms with Crippen LogP contribution < -0.4 is 5.32 Å². The first kappa shape index (κ1) is 19.2. The van der Waals surface area contributed by atoms with E-state index in [1.807, 2.05) is 56.3 Å². The Bertz CT molecular complexity index is 969. The zero-order valence-corrected chi connectivity index (χ0v) is 16.6. The topological polar surface area (TPSA) is 46.9 Å². The number of hydrogen-bond donors (Lipinski definition) is 1. The van der Waals surface area contributed by atoms with Gasteiger partial charge in [0.25, 0.3) is 0 Å². The number of carbonyl (C=O) groups excluding carboxylic acids is 1. The fourth-order valence-electron chi connectivity index (χ4n) is 3.12. The zero-order chi connectivity index (χ0) is 19.4. The van der Waals surface area contributed by atoms with Crippen LogP contribution in [-0.4, -0.2) is 15.5 Å². The number of amides is 1. The number of benzene rings is 2. The lowest BCUT2D eigenvalue weighted by molar-refractivity contribution is -0.117. The number of aromatic nitrogens is 2. The van der Waals surface area contributed by atoms with Crippen LogP contribution in [0.1, 0.15) is 44.6 Å². The monoisotopic (exact) mass is 381 g/mol. The molecule has 3 aromatic rings. The van der Waals surface area contributed by atoms with Gasteiger partial charge >= 0.3 is 0 Å². The predicted molar refractivity (Wildman–Crippen MR) is 111 cm³/mol. The third-order valence-electron chi connectivity index (χ3n) is 4.39. The Morgan fingerprint density at radius 2 is 1.89 bits per heavy atom. The molecule has 0 saturated carbocycles. The van der Waals surface area contributed by atoms with Gasteiger partial charge in [-0.05, 0) is 50.1 Å². The van der Waals surface area contributed by atoms with E-state index >= 15 is 0 Å². The SMILES string of the molecule is CCC(NC(=O)C=C(C)C)c1nc2ccccc2n1Cc1ccc(Cl)cc1. The van der Waals surface area contributed by atoms with Crippen LogP contribution in [0.3, 0.4) is 0 Å². The van der Waals surface area contributed by atoms with Crippen LogP contribution in [0.5, 0.6) is 0 Å². The molecule has 0 aliphatic carbocycles. The van der Waals surface area contributed by atoms with Crippen LogP contribution in [0.2, 0.25) is 5.02 Å². The summed E-state index contributed by atoms with van der Waals surface area (Å²) < 4.78 is 2.18. The van der Waals surface area contributed by atoms with E-state index in [2.05, 4.69) is 22.9 Å². The largest absolute Gasteiger partial charge is 0.343 e. The summed E-state index contributed by atoms with van der Waals surface area (Å²) >= 11 is 6.02. The lowest BCUT2D eigenvalue weighted by Gasteiger charge is -2.18. The van der Waals surface area contributed by atoms with Gasteiger partial charge in [-0.15, -0.1) is 0 Å². The van der Waals surface area contributed by atoms with Gasteiger partial charge < -0.3 is 9.88 Å². The molecule has 1 N–H and O–H groups in total. The highest BCUT2D eigenvalue weighted by molar-refractivity contribution is 6.30. The Labute approximate surface area is 164 Å². The van der Waals surface area contributed by atoms with Crippen molar-refractivity contribution in [2.45, 2.75) is 39.8 Å². The highest BCUT2D eigenvalue weighted by Gasteiger charge is 2.20. The summed E-state index contributed by atoms with van der Waals surface area (Å²) in [6.07, 6.45) is 2.38. The van der Waals surface area contributed by atoms with Gasteiger partial charge in [0.2, 0.25) is 5.91 Å². The van der Waals surface area contributed by atoms with Crippen molar-refractivity contribution in [3.05, 3.63) is 76.6 Å². The summed E-state index contributed by atoms with van der Waals surface area (Å²) in [5.41, 5.74) is 4.08. The summed E-state index contributed by atoms with van der Waals surface area (Å²) in [6, 6.07) is 15.7. The first-order valence-corrected chi connectivity index (χ1v) is 9.50. The van der Waals surface area contributed by atoms with E-state index in [0.717, 1.165) is 39.4 Å². The molecular formula is C22H24ClN3O. The van der Waals surface area contributed by atoms with E-state index in [9.17, 15) is 4.79 Å². The lowest BCUT2D eigenvalue weighted by atomic mass is 10.1. The molecule has 0 saturated heterocycles. The van der Waals surface area contributed by atoms with Crippen molar-refractivity contribution in [2.24, 2.45) is 0 Å². The van der Waals surface area contributed by atoms with Crippen molar-refractivity contribution >= 4 is 28.5 Å². The summed E-state index contributed by atoms with van der Waals surface area (Å²) in [4.78, 5) is 17.1. The highest BCUT2D eigenvalue weighted by atomic mass is 35.5. The molecule has 0 fully saturated rings. The standard InChI is InChI=1S/C22H24ClN3O/c1-4-18(24-21(27)13-15(2)3)22-25-19-7-5-6-8-20(19)26(22)14-16-9-11-17(23)12-10-16/h5-13,18H,4,14H2,1-3H3,(H,24,27). The van der Waals surface area contributed by atoms with Crippen molar-refractivity contribution in [3.63, 3.8) is 0 Å². The Morgan fingerprint density at radius 3 is 2.56 bits per heavy atom. The minimum Gasteiger partial charge on any atom is -0.343 e. The number of rotatable bonds is 6. The normalized spacial score (nSPS) is 12.0. The van der Waals surface area contributed by atoms with E-state index in [-0.39, 0.29) is 11.9 Å². The van der Waals surface area contributed by atoms with Gasteiger partial charge in [0.05, 0.1) is 17.1 Å². The number of nitrogens with zero attached hydrogens (tertiary/aromatic N) is 2. The fraction of sp³-hybridized carbons (Fsp3) is 0.273. The fourth-order valence-corrected chi connectivity index (χ4v) is 3.25. The van der Waals surface area contributed by atoms with Gasteiger partial charge in [0.1, 0.15) is 5.82 Å².